The number of amides is 2. The molecule has 0 aliphatic carbocycles. The standard InChI is InChI=1S/C30H44FN3O8/c1-16-12-20-25(33-11-10-31)22(35)15-21(27(20)37)34-29(38)17(2)8-7-9-23(40-5)28(42-30(32)39)19(4)14-18(3)26(36)24(13-16)41-6/h7-9,14-16,18,23-24,26,28,33,35-37H,10-13H2,1-6H3,(H2,32,39)(H,34,38)/b9-7-,17-8+,19-14+/t16-,18+,23?,24+,26-,28+/m1/s1. The van der Waals surface area contributed by atoms with Crippen molar-refractivity contribution in [3.8, 4) is 11.5 Å². The van der Waals surface area contributed by atoms with Crippen LogP contribution >= 0.6 is 0 Å². The van der Waals surface area contributed by atoms with E-state index in [9.17, 15) is 29.3 Å². The number of nitrogens with one attached hydrogen (secondary N) is 2. The summed E-state index contributed by atoms with van der Waals surface area (Å²) < 4.78 is 29.5. The minimum atomic E-state index is -1.00. The highest BCUT2D eigenvalue weighted by atomic mass is 19.1. The first-order chi connectivity index (χ1) is 19.8. The molecule has 234 valence electrons. The summed E-state index contributed by atoms with van der Waals surface area (Å²) in [7, 11) is 2.91. The molecule has 7 N–H and O–H groups in total. The van der Waals surface area contributed by atoms with E-state index in [-0.39, 0.29) is 52.9 Å². The third-order valence-corrected chi connectivity index (χ3v) is 7.23. The molecule has 2 amide bonds. The molecule has 0 saturated carbocycles. The van der Waals surface area contributed by atoms with Crippen LogP contribution in [0.1, 0.15) is 39.7 Å². The molecule has 0 saturated heterocycles. The number of phenolic OH excluding ortho intramolecular Hbond substituents is 2. The molecular weight excluding hydrogens is 549 g/mol. The van der Waals surface area contributed by atoms with Crippen molar-refractivity contribution in [1.82, 2.24) is 0 Å². The van der Waals surface area contributed by atoms with Crippen LogP contribution in [0.25, 0.3) is 0 Å². The average Bonchev–Trinajstić information content (AvgIpc) is 2.94. The third kappa shape index (κ3) is 9.20. The second-order valence-corrected chi connectivity index (χ2v) is 10.6. The number of benzene rings is 1. The van der Waals surface area contributed by atoms with Gasteiger partial charge in [-0.15, -0.1) is 0 Å². The first-order valence-electron chi connectivity index (χ1n) is 13.8. The van der Waals surface area contributed by atoms with E-state index in [0.717, 1.165) is 0 Å². The molecule has 2 bridgehead atoms. The Morgan fingerprint density at radius 2 is 1.90 bits per heavy atom. The van der Waals surface area contributed by atoms with Crippen LogP contribution in [0.5, 0.6) is 11.5 Å². The fourth-order valence-corrected chi connectivity index (χ4v) is 4.98. The maximum atomic E-state index is 13.0. The van der Waals surface area contributed by atoms with Crippen molar-refractivity contribution in [3.63, 3.8) is 0 Å². The topological polar surface area (TPSA) is 173 Å². The number of fused-ring (bicyclic) bond motifs is 2. The van der Waals surface area contributed by atoms with Crippen molar-refractivity contribution in [2.24, 2.45) is 17.6 Å². The fourth-order valence-electron chi connectivity index (χ4n) is 4.98. The van der Waals surface area contributed by atoms with Gasteiger partial charge in [0.15, 0.2) is 6.10 Å². The highest BCUT2D eigenvalue weighted by Crippen LogP contribution is 2.42. The number of alkyl halides is 1. The number of aliphatic hydroxyl groups is 1. The summed E-state index contributed by atoms with van der Waals surface area (Å²) >= 11 is 0. The van der Waals surface area contributed by atoms with Gasteiger partial charge < -0.3 is 45.9 Å². The third-order valence-electron chi connectivity index (χ3n) is 7.23. The quantitative estimate of drug-likeness (QED) is 0.162. The van der Waals surface area contributed by atoms with E-state index in [1.165, 1.54) is 26.4 Å². The molecule has 1 aliphatic heterocycles. The van der Waals surface area contributed by atoms with Crippen LogP contribution in [-0.2, 0) is 25.4 Å². The molecule has 1 heterocycles. The first kappa shape index (κ1) is 34.6. The summed E-state index contributed by atoms with van der Waals surface area (Å²) in [6.07, 6.45) is 2.64. The molecule has 6 atom stereocenters. The maximum Gasteiger partial charge on any atom is 0.405 e. The molecule has 0 fully saturated rings. The Balaban J connectivity index is 2.66. The molecule has 2 rings (SSSR count). The van der Waals surface area contributed by atoms with E-state index in [2.05, 4.69) is 10.6 Å². The number of ether oxygens (including phenoxy) is 3. The van der Waals surface area contributed by atoms with Crippen molar-refractivity contribution in [1.29, 1.82) is 0 Å². The van der Waals surface area contributed by atoms with E-state index in [1.54, 1.807) is 39.0 Å². The largest absolute Gasteiger partial charge is 0.506 e. The van der Waals surface area contributed by atoms with Gasteiger partial charge >= 0.3 is 6.09 Å². The lowest BCUT2D eigenvalue weighted by Gasteiger charge is -2.29. The van der Waals surface area contributed by atoms with Crippen LogP contribution in [0.3, 0.4) is 0 Å². The fraction of sp³-hybridized carbons (Fsp3) is 0.533. The maximum absolute atomic E-state index is 13.0. The van der Waals surface area contributed by atoms with Gasteiger partial charge in [-0.1, -0.05) is 38.2 Å². The Morgan fingerprint density at radius 1 is 1.21 bits per heavy atom. The van der Waals surface area contributed by atoms with Crippen LogP contribution in [-0.4, -0.2) is 79.2 Å². The molecule has 12 heteroatoms. The summed E-state index contributed by atoms with van der Waals surface area (Å²) in [4.78, 5) is 24.7. The van der Waals surface area contributed by atoms with Crippen molar-refractivity contribution in [2.45, 2.75) is 65.0 Å². The predicted molar refractivity (Wildman–Crippen MR) is 158 cm³/mol. The molecule has 1 aliphatic rings. The van der Waals surface area contributed by atoms with Crippen LogP contribution in [0.15, 0.2) is 41.5 Å². The van der Waals surface area contributed by atoms with E-state index >= 15 is 0 Å². The number of nitrogens with two attached hydrogens (primary N) is 1. The molecule has 0 aromatic heterocycles. The second-order valence-electron chi connectivity index (χ2n) is 10.6. The number of primary amides is 1. The molecule has 0 radical (unpaired) electrons. The van der Waals surface area contributed by atoms with Gasteiger partial charge in [-0.25, -0.2) is 9.18 Å². The Kier molecular flexibility index (Phi) is 13.3. The van der Waals surface area contributed by atoms with Crippen LogP contribution in [0.2, 0.25) is 0 Å². The van der Waals surface area contributed by atoms with Crippen LogP contribution in [0.4, 0.5) is 20.6 Å². The number of carbonyl (C=O) groups is 2. The number of halogens is 1. The minimum absolute atomic E-state index is 0.0263. The van der Waals surface area contributed by atoms with Gasteiger partial charge in [0.05, 0.1) is 23.6 Å². The monoisotopic (exact) mass is 593 g/mol. The molecule has 0 spiro atoms. The number of methoxy groups -OCH3 is 2. The van der Waals surface area contributed by atoms with Gasteiger partial charge in [0.2, 0.25) is 0 Å². The summed E-state index contributed by atoms with van der Waals surface area (Å²) in [5.41, 5.74) is 6.59. The van der Waals surface area contributed by atoms with Gasteiger partial charge in [-0.05, 0) is 38.2 Å². The summed E-state index contributed by atoms with van der Waals surface area (Å²) in [5, 5.41) is 38.6. The Hall–Kier alpha value is -3.61. The Labute approximate surface area is 246 Å². The highest BCUT2D eigenvalue weighted by Gasteiger charge is 2.30. The molecule has 1 unspecified atom stereocenters. The van der Waals surface area contributed by atoms with Crippen molar-refractivity contribution in [3.05, 3.63) is 47.1 Å². The highest BCUT2D eigenvalue weighted by molar-refractivity contribution is 6.04. The number of carbonyl (C=O) groups excluding carboxylic acids is 2. The Bertz CT molecular complexity index is 1190. The lowest BCUT2D eigenvalue weighted by Crippen LogP contribution is -2.37. The van der Waals surface area contributed by atoms with E-state index < -0.39 is 49.0 Å². The van der Waals surface area contributed by atoms with E-state index in [1.807, 2.05) is 6.92 Å². The molecule has 1 aromatic rings. The van der Waals surface area contributed by atoms with Gasteiger partial charge in [0.25, 0.3) is 5.91 Å². The SMILES string of the molecule is COC1/C=C\C=C(/C)C(=O)Nc2cc(O)c(NCCF)c(c2O)C[C@@H](C)C[C@H](OC)[C@H](O)[C@@H](C)/C=C(\C)[C@@H]1OC(N)=O. The number of allylic oxidation sites excluding steroid dienone is 2. The summed E-state index contributed by atoms with van der Waals surface area (Å²) in [6, 6.07) is 1.19. The predicted octanol–water partition coefficient (Wildman–Crippen LogP) is 3.94. The zero-order valence-electron chi connectivity index (χ0n) is 25.0. The summed E-state index contributed by atoms with van der Waals surface area (Å²) in [5.74, 6) is -1.76. The Morgan fingerprint density at radius 3 is 2.50 bits per heavy atom. The number of hydrogen-bond donors (Lipinski definition) is 6. The van der Waals surface area contributed by atoms with Crippen molar-refractivity contribution < 1.29 is 43.5 Å². The zero-order chi connectivity index (χ0) is 31.6. The molecular formula is C30H44FN3O8. The smallest absolute Gasteiger partial charge is 0.405 e. The van der Waals surface area contributed by atoms with Gasteiger partial charge in [-0.3, -0.25) is 4.79 Å². The number of aromatic hydroxyl groups is 2. The minimum Gasteiger partial charge on any atom is -0.506 e. The number of anilines is 2. The van der Waals surface area contributed by atoms with E-state index in [0.29, 0.717) is 12.0 Å². The number of hydrogen-bond acceptors (Lipinski definition) is 9. The van der Waals surface area contributed by atoms with E-state index in [4.69, 9.17) is 19.9 Å². The van der Waals surface area contributed by atoms with Gasteiger partial charge in [0.1, 0.15) is 24.3 Å². The molecule has 11 nitrogen and oxygen atoms in total. The first-order valence-corrected chi connectivity index (χ1v) is 13.8. The van der Waals surface area contributed by atoms with Crippen molar-refractivity contribution >= 4 is 23.4 Å². The zero-order valence-corrected chi connectivity index (χ0v) is 25.0. The molecule has 42 heavy (non-hydrogen) atoms. The normalized spacial score (nSPS) is 29.4. The number of rotatable bonds is 6. The molecule has 1 aromatic carbocycles. The second kappa shape index (κ2) is 16.1. The van der Waals surface area contributed by atoms with Crippen LogP contribution < -0.4 is 16.4 Å². The number of aliphatic hydroxyl groups excluding tert-OH is 1. The van der Waals surface area contributed by atoms with Gasteiger partial charge in [0, 0.05) is 43.9 Å². The average molecular weight is 594 g/mol. The van der Waals surface area contributed by atoms with Crippen LogP contribution in [0, 0.1) is 11.8 Å². The van der Waals surface area contributed by atoms with Crippen molar-refractivity contribution in [2.75, 3.05) is 38.1 Å². The van der Waals surface area contributed by atoms with Gasteiger partial charge in [-0.2, -0.15) is 0 Å². The lowest BCUT2D eigenvalue weighted by molar-refractivity contribution is -0.112. The number of phenols is 2. The summed E-state index contributed by atoms with van der Waals surface area (Å²) in [6.45, 7) is 6.15. The lowest BCUT2D eigenvalue weighted by atomic mass is 9.87.